The Hall–Kier alpha value is -2.83. The van der Waals surface area contributed by atoms with Crippen molar-refractivity contribution in [1.29, 1.82) is 0 Å². The number of carbonyl (C=O) groups is 2. The van der Waals surface area contributed by atoms with E-state index in [0.717, 1.165) is 12.1 Å². The molecule has 4 nitrogen and oxygen atoms in total. The SMILES string of the molecule is CC(=O)N(CCc1ccccc1F)CC(=O)Nc1c(F)cccc1F. The van der Waals surface area contributed by atoms with Gasteiger partial charge in [0.25, 0.3) is 0 Å². The number of hydrogen-bond acceptors (Lipinski definition) is 2. The zero-order valence-corrected chi connectivity index (χ0v) is 13.6. The molecule has 0 radical (unpaired) electrons. The average Bonchev–Trinajstić information content (AvgIpc) is 2.56. The van der Waals surface area contributed by atoms with E-state index >= 15 is 0 Å². The minimum absolute atomic E-state index is 0.101. The van der Waals surface area contributed by atoms with Crippen molar-refractivity contribution in [3.8, 4) is 0 Å². The van der Waals surface area contributed by atoms with Crippen LogP contribution in [0, 0.1) is 17.5 Å². The van der Waals surface area contributed by atoms with Gasteiger partial charge in [-0.2, -0.15) is 0 Å². The van der Waals surface area contributed by atoms with Crippen molar-refractivity contribution in [1.82, 2.24) is 4.90 Å². The van der Waals surface area contributed by atoms with Crippen LogP contribution in [-0.4, -0.2) is 29.8 Å². The minimum atomic E-state index is -0.908. The van der Waals surface area contributed by atoms with E-state index in [-0.39, 0.29) is 13.0 Å². The number of halogens is 3. The van der Waals surface area contributed by atoms with Crippen LogP contribution in [0.25, 0.3) is 0 Å². The highest BCUT2D eigenvalue weighted by atomic mass is 19.1. The van der Waals surface area contributed by atoms with Crippen molar-refractivity contribution in [2.75, 3.05) is 18.4 Å². The Bertz CT molecular complexity index is 760. The highest BCUT2D eigenvalue weighted by Gasteiger charge is 2.17. The molecule has 0 saturated heterocycles. The maximum atomic E-state index is 13.6. The molecule has 0 aliphatic heterocycles. The van der Waals surface area contributed by atoms with Gasteiger partial charge in [-0.1, -0.05) is 24.3 Å². The predicted octanol–water partition coefficient (Wildman–Crippen LogP) is 3.13. The number of rotatable bonds is 6. The lowest BCUT2D eigenvalue weighted by atomic mass is 10.1. The molecule has 1 N–H and O–H groups in total. The van der Waals surface area contributed by atoms with Gasteiger partial charge in [-0.05, 0) is 30.2 Å². The monoisotopic (exact) mass is 350 g/mol. The largest absolute Gasteiger partial charge is 0.333 e. The molecule has 7 heteroatoms. The summed E-state index contributed by atoms with van der Waals surface area (Å²) < 4.78 is 40.7. The van der Waals surface area contributed by atoms with Crippen LogP contribution in [0.5, 0.6) is 0 Å². The molecule has 0 aromatic heterocycles. The van der Waals surface area contributed by atoms with Crippen LogP contribution < -0.4 is 5.32 Å². The van der Waals surface area contributed by atoms with Gasteiger partial charge in [0.15, 0.2) is 0 Å². The van der Waals surface area contributed by atoms with Crippen molar-refractivity contribution < 1.29 is 22.8 Å². The summed E-state index contributed by atoms with van der Waals surface area (Å²) in [5.74, 6) is -3.36. The van der Waals surface area contributed by atoms with E-state index in [0.29, 0.717) is 5.56 Å². The normalized spacial score (nSPS) is 10.4. The first kappa shape index (κ1) is 18.5. The summed E-state index contributed by atoms with van der Waals surface area (Å²) in [6.07, 6.45) is 0.216. The fourth-order valence-corrected chi connectivity index (χ4v) is 2.27. The Morgan fingerprint density at radius 2 is 1.56 bits per heavy atom. The van der Waals surface area contributed by atoms with Crippen molar-refractivity contribution in [3.63, 3.8) is 0 Å². The molecule has 25 heavy (non-hydrogen) atoms. The Kier molecular flexibility index (Phi) is 6.16. The smallest absolute Gasteiger partial charge is 0.244 e. The number of nitrogens with one attached hydrogen (secondary N) is 1. The van der Waals surface area contributed by atoms with Crippen molar-refractivity contribution in [3.05, 3.63) is 65.5 Å². The summed E-state index contributed by atoms with van der Waals surface area (Å²) in [6, 6.07) is 9.32. The van der Waals surface area contributed by atoms with E-state index in [2.05, 4.69) is 5.32 Å². The molecule has 0 atom stereocenters. The molecule has 0 saturated carbocycles. The minimum Gasteiger partial charge on any atom is -0.333 e. The lowest BCUT2D eigenvalue weighted by Gasteiger charge is -2.21. The van der Waals surface area contributed by atoms with Crippen LogP contribution in [0.4, 0.5) is 18.9 Å². The van der Waals surface area contributed by atoms with Crippen LogP contribution in [0.15, 0.2) is 42.5 Å². The second-order valence-electron chi connectivity index (χ2n) is 5.43. The molecule has 2 amide bonds. The number of carbonyl (C=O) groups excluding carboxylic acids is 2. The predicted molar refractivity (Wildman–Crippen MR) is 87.3 cm³/mol. The summed E-state index contributed by atoms with van der Waals surface area (Å²) >= 11 is 0. The van der Waals surface area contributed by atoms with Gasteiger partial charge in [0.05, 0.1) is 6.54 Å². The summed E-state index contributed by atoms with van der Waals surface area (Å²) in [6.45, 7) is 0.972. The molecule has 0 bridgehead atoms. The van der Waals surface area contributed by atoms with Gasteiger partial charge < -0.3 is 10.2 Å². The van der Waals surface area contributed by atoms with Gasteiger partial charge in [0.1, 0.15) is 23.1 Å². The molecule has 0 unspecified atom stereocenters. The number of benzene rings is 2. The average molecular weight is 350 g/mol. The zero-order chi connectivity index (χ0) is 18.4. The number of anilines is 1. The summed E-state index contributed by atoms with van der Waals surface area (Å²) in [7, 11) is 0. The van der Waals surface area contributed by atoms with E-state index < -0.39 is 41.5 Å². The van der Waals surface area contributed by atoms with Crippen LogP contribution in [0.2, 0.25) is 0 Å². The quantitative estimate of drug-likeness (QED) is 0.870. The first-order chi connectivity index (χ1) is 11.9. The molecule has 0 heterocycles. The number of hydrogen-bond donors (Lipinski definition) is 1. The third-order valence-corrected chi connectivity index (χ3v) is 3.62. The Balaban J connectivity index is 2.00. The second kappa shape index (κ2) is 8.32. The highest BCUT2D eigenvalue weighted by Crippen LogP contribution is 2.18. The van der Waals surface area contributed by atoms with E-state index in [9.17, 15) is 22.8 Å². The van der Waals surface area contributed by atoms with Crippen molar-refractivity contribution in [2.45, 2.75) is 13.3 Å². The Morgan fingerprint density at radius 1 is 0.960 bits per heavy atom. The Labute approximate surface area is 143 Å². The van der Waals surface area contributed by atoms with Crippen LogP contribution in [-0.2, 0) is 16.0 Å². The third kappa shape index (κ3) is 5.07. The van der Waals surface area contributed by atoms with E-state index in [1.165, 1.54) is 24.0 Å². The molecular formula is C18H17F3N2O2. The van der Waals surface area contributed by atoms with Crippen LogP contribution >= 0.6 is 0 Å². The highest BCUT2D eigenvalue weighted by molar-refractivity contribution is 5.94. The fourth-order valence-electron chi connectivity index (χ4n) is 2.27. The molecule has 2 rings (SSSR count). The van der Waals surface area contributed by atoms with Gasteiger partial charge in [-0.15, -0.1) is 0 Å². The second-order valence-corrected chi connectivity index (χ2v) is 5.43. The van der Waals surface area contributed by atoms with Gasteiger partial charge >= 0.3 is 0 Å². The molecule has 2 aromatic rings. The summed E-state index contributed by atoms with van der Waals surface area (Å²) in [5, 5.41) is 2.12. The van der Waals surface area contributed by atoms with Gasteiger partial charge in [0, 0.05) is 13.5 Å². The summed E-state index contributed by atoms with van der Waals surface area (Å²) in [5.41, 5.74) is -0.153. The topological polar surface area (TPSA) is 49.4 Å². The Morgan fingerprint density at radius 3 is 2.16 bits per heavy atom. The molecule has 0 aliphatic rings. The zero-order valence-electron chi connectivity index (χ0n) is 13.6. The van der Waals surface area contributed by atoms with Gasteiger partial charge in [-0.25, -0.2) is 13.2 Å². The van der Waals surface area contributed by atoms with E-state index in [4.69, 9.17) is 0 Å². The molecule has 0 fully saturated rings. The number of para-hydroxylation sites is 1. The standard InChI is InChI=1S/C18H17F3N2O2/c1-12(24)23(10-9-13-5-2-3-6-14(13)19)11-17(25)22-18-15(20)7-4-8-16(18)21/h2-8H,9-11H2,1H3,(H,22,25). The molecule has 132 valence electrons. The summed E-state index contributed by atoms with van der Waals surface area (Å²) in [4.78, 5) is 24.9. The van der Waals surface area contributed by atoms with Gasteiger partial charge in [0.2, 0.25) is 11.8 Å². The molecule has 0 aliphatic carbocycles. The van der Waals surface area contributed by atoms with Crippen LogP contribution in [0.3, 0.4) is 0 Å². The van der Waals surface area contributed by atoms with Gasteiger partial charge in [-0.3, -0.25) is 9.59 Å². The fraction of sp³-hybridized carbons (Fsp3) is 0.222. The molecule has 0 spiro atoms. The van der Waals surface area contributed by atoms with Crippen molar-refractivity contribution >= 4 is 17.5 Å². The number of nitrogens with zero attached hydrogens (tertiary/aromatic N) is 1. The molecule has 2 aromatic carbocycles. The van der Waals surface area contributed by atoms with Crippen LogP contribution in [0.1, 0.15) is 12.5 Å². The third-order valence-electron chi connectivity index (χ3n) is 3.62. The maximum absolute atomic E-state index is 13.6. The lowest BCUT2D eigenvalue weighted by Crippen LogP contribution is -2.38. The maximum Gasteiger partial charge on any atom is 0.244 e. The first-order valence-corrected chi connectivity index (χ1v) is 7.61. The van der Waals surface area contributed by atoms with E-state index in [1.54, 1.807) is 18.2 Å². The van der Waals surface area contributed by atoms with Crippen molar-refractivity contribution in [2.24, 2.45) is 0 Å². The number of amides is 2. The first-order valence-electron chi connectivity index (χ1n) is 7.61. The molecular weight excluding hydrogens is 333 g/mol. The lowest BCUT2D eigenvalue weighted by molar-refractivity contribution is -0.132. The van der Waals surface area contributed by atoms with E-state index in [1.807, 2.05) is 0 Å².